The maximum atomic E-state index is 12.0. The minimum atomic E-state index is -3.57. The zero-order chi connectivity index (χ0) is 20.1. The number of nitro groups is 1. The number of nitrogens with zero attached hydrogens (tertiary/aromatic N) is 1. The van der Waals surface area contributed by atoms with Crippen molar-refractivity contribution < 1.29 is 26.5 Å². The van der Waals surface area contributed by atoms with Crippen LogP contribution in [0.25, 0.3) is 0 Å². The van der Waals surface area contributed by atoms with Crippen LogP contribution in [0.2, 0.25) is 0 Å². The van der Waals surface area contributed by atoms with Crippen molar-refractivity contribution in [2.75, 3.05) is 37.0 Å². The summed E-state index contributed by atoms with van der Waals surface area (Å²) in [4.78, 5) is 10.3. The molecule has 1 saturated heterocycles. The minimum absolute atomic E-state index is 0.0278. The number of sulfone groups is 1. The first kappa shape index (κ1) is 21.5. The summed E-state index contributed by atoms with van der Waals surface area (Å²) in [7, 11) is -7.09. The standard InChI is InChI=1S/C15H23N3O7S2/c1-26(21,22)13-5-6-14(15(10-13)18(19)20)16-7-8-17-27(23,24)11-12-4-2-3-9-25-12/h5-6,10,12,16-17H,2-4,7-9,11H2,1H3. The van der Waals surface area contributed by atoms with Crippen LogP contribution in [-0.4, -0.2) is 59.6 Å². The van der Waals surface area contributed by atoms with Gasteiger partial charge in [0.2, 0.25) is 10.0 Å². The Morgan fingerprint density at radius 2 is 1.96 bits per heavy atom. The van der Waals surface area contributed by atoms with Gasteiger partial charge in [0, 0.05) is 32.0 Å². The minimum Gasteiger partial charge on any atom is -0.378 e. The predicted molar refractivity (Wildman–Crippen MR) is 100 cm³/mol. The van der Waals surface area contributed by atoms with Gasteiger partial charge in [-0.3, -0.25) is 10.1 Å². The monoisotopic (exact) mass is 421 g/mol. The maximum absolute atomic E-state index is 12.0. The second kappa shape index (κ2) is 8.95. The lowest BCUT2D eigenvalue weighted by Gasteiger charge is -2.22. The molecule has 0 saturated carbocycles. The van der Waals surface area contributed by atoms with E-state index in [9.17, 15) is 26.9 Å². The van der Waals surface area contributed by atoms with Gasteiger partial charge in [-0.1, -0.05) is 0 Å². The molecule has 2 N–H and O–H groups in total. The Kier molecular flexibility index (Phi) is 7.14. The number of nitro benzene ring substituents is 1. The molecule has 152 valence electrons. The van der Waals surface area contributed by atoms with E-state index in [1.165, 1.54) is 12.1 Å². The van der Waals surface area contributed by atoms with E-state index in [-0.39, 0.29) is 35.5 Å². The molecule has 0 aliphatic carbocycles. The lowest BCUT2D eigenvalue weighted by molar-refractivity contribution is -0.384. The SMILES string of the molecule is CS(=O)(=O)c1ccc(NCCNS(=O)(=O)CC2CCCCO2)c([N+](=O)[O-])c1. The quantitative estimate of drug-likeness (QED) is 0.340. The molecule has 0 radical (unpaired) electrons. The molecule has 0 amide bonds. The van der Waals surface area contributed by atoms with E-state index in [2.05, 4.69) is 10.0 Å². The van der Waals surface area contributed by atoms with E-state index in [1.807, 2.05) is 0 Å². The van der Waals surface area contributed by atoms with Gasteiger partial charge in [0.1, 0.15) is 5.69 Å². The molecule has 1 unspecified atom stereocenters. The fourth-order valence-corrected chi connectivity index (χ4v) is 4.61. The first-order valence-corrected chi connectivity index (χ1v) is 11.9. The first-order chi connectivity index (χ1) is 12.6. The number of hydrogen-bond donors (Lipinski definition) is 2. The van der Waals surface area contributed by atoms with Gasteiger partial charge >= 0.3 is 0 Å². The summed E-state index contributed by atoms with van der Waals surface area (Å²) in [5.41, 5.74) is -0.279. The van der Waals surface area contributed by atoms with Crippen LogP contribution in [0.15, 0.2) is 23.1 Å². The first-order valence-electron chi connectivity index (χ1n) is 8.40. The second-order valence-corrected chi connectivity index (χ2v) is 10.2. The third-order valence-electron chi connectivity index (χ3n) is 4.04. The molecule has 12 heteroatoms. The lowest BCUT2D eigenvalue weighted by Crippen LogP contribution is -2.37. The summed E-state index contributed by atoms with van der Waals surface area (Å²) in [6.07, 6.45) is 3.23. The Morgan fingerprint density at radius 1 is 1.22 bits per heavy atom. The summed E-state index contributed by atoms with van der Waals surface area (Å²) in [5.74, 6) is -0.115. The Hall–Kier alpha value is -1.76. The molecule has 1 aromatic rings. The molecule has 1 aliphatic rings. The van der Waals surface area contributed by atoms with E-state index in [0.717, 1.165) is 25.2 Å². The van der Waals surface area contributed by atoms with E-state index in [0.29, 0.717) is 13.0 Å². The highest BCUT2D eigenvalue weighted by Crippen LogP contribution is 2.27. The van der Waals surface area contributed by atoms with Gasteiger partial charge in [-0.05, 0) is 31.4 Å². The zero-order valence-corrected chi connectivity index (χ0v) is 16.5. The van der Waals surface area contributed by atoms with E-state index in [1.54, 1.807) is 0 Å². The van der Waals surface area contributed by atoms with E-state index in [4.69, 9.17) is 4.74 Å². The fourth-order valence-electron chi connectivity index (χ4n) is 2.69. The molecule has 0 aromatic heterocycles. The Balaban J connectivity index is 1.91. The number of anilines is 1. The molecule has 0 spiro atoms. The van der Waals surface area contributed by atoms with Crippen molar-refractivity contribution in [1.29, 1.82) is 0 Å². The van der Waals surface area contributed by atoms with Gasteiger partial charge < -0.3 is 10.1 Å². The number of rotatable bonds is 9. The summed E-state index contributed by atoms with van der Waals surface area (Å²) in [6, 6.07) is 3.52. The highest BCUT2D eigenvalue weighted by atomic mass is 32.2. The van der Waals surface area contributed by atoms with Crippen molar-refractivity contribution >= 4 is 31.2 Å². The van der Waals surface area contributed by atoms with Crippen LogP contribution in [0.4, 0.5) is 11.4 Å². The topological polar surface area (TPSA) is 145 Å². The molecular weight excluding hydrogens is 398 g/mol. The van der Waals surface area contributed by atoms with Crippen molar-refractivity contribution in [3.05, 3.63) is 28.3 Å². The molecule has 2 rings (SSSR count). The number of benzene rings is 1. The number of nitrogens with one attached hydrogen (secondary N) is 2. The molecule has 27 heavy (non-hydrogen) atoms. The van der Waals surface area contributed by atoms with Gasteiger partial charge in [-0.2, -0.15) is 0 Å². The normalized spacial score (nSPS) is 18.2. The van der Waals surface area contributed by atoms with Gasteiger partial charge in [0.05, 0.1) is 21.7 Å². The van der Waals surface area contributed by atoms with Crippen molar-refractivity contribution in [1.82, 2.24) is 4.72 Å². The lowest BCUT2D eigenvalue weighted by atomic mass is 10.1. The third kappa shape index (κ3) is 6.72. The van der Waals surface area contributed by atoms with E-state index >= 15 is 0 Å². The van der Waals surface area contributed by atoms with Crippen molar-refractivity contribution in [3.63, 3.8) is 0 Å². The van der Waals surface area contributed by atoms with Crippen LogP contribution >= 0.6 is 0 Å². The Morgan fingerprint density at radius 3 is 2.56 bits per heavy atom. The molecule has 1 fully saturated rings. The molecule has 10 nitrogen and oxygen atoms in total. The second-order valence-electron chi connectivity index (χ2n) is 6.30. The molecule has 0 bridgehead atoms. The van der Waals surface area contributed by atoms with Crippen molar-refractivity contribution in [2.24, 2.45) is 0 Å². The summed E-state index contributed by atoms with van der Waals surface area (Å²) in [5, 5.41) is 13.9. The average Bonchev–Trinajstić information content (AvgIpc) is 2.58. The summed E-state index contributed by atoms with van der Waals surface area (Å²) in [6.45, 7) is 0.693. The number of hydrogen-bond acceptors (Lipinski definition) is 8. The smallest absolute Gasteiger partial charge is 0.293 e. The van der Waals surface area contributed by atoms with Crippen LogP contribution in [0.1, 0.15) is 19.3 Å². The van der Waals surface area contributed by atoms with Crippen LogP contribution in [-0.2, 0) is 24.6 Å². The zero-order valence-electron chi connectivity index (χ0n) is 14.9. The third-order valence-corrected chi connectivity index (χ3v) is 6.60. The Bertz CT molecular complexity index is 879. The van der Waals surface area contributed by atoms with Gasteiger partial charge in [0.25, 0.3) is 5.69 Å². The van der Waals surface area contributed by atoms with Gasteiger partial charge in [0.15, 0.2) is 9.84 Å². The number of ether oxygens (including phenoxy) is 1. The Labute approximate surface area is 158 Å². The van der Waals surface area contributed by atoms with Crippen LogP contribution in [0, 0.1) is 10.1 Å². The summed E-state index contributed by atoms with van der Waals surface area (Å²) < 4.78 is 55.0. The maximum Gasteiger partial charge on any atom is 0.293 e. The van der Waals surface area contributed by atoms with Crippen LogP contribution < -0.4 is 10.0 Å². The van der Waals surface area contributed by atoms with Crippen molar-refractivity contribution in [2.45, 2.75) is 30.3 Å². The average molecular weight is 421 g/mol. The summed E-state index contributed by atoms with van der Waals surface area (Å²) >= 11 is 0. The molecule has 1 aromatic carbocycles. The largest absolute Gasteiger partial charge is 0.378 e. The molecular formula is C15H23N3O7S2. The van der Waals surface area contributed by atoms with Crippen LogP contribution in [0.5, 0.6) is 0 Å². The predicted octanol–water partition coefficient (Wildman–Crippen LogP) is 0.899. The van der Waals surface area contributed by atoms with Crippen molar-refractivity contribution in [3.8, 4) is 0 Å². The highest BCUT2D eigenvalue weighted by molar-refractivity contribution is 7.90. The van der Waals surface area contributed by atoms with Crippen LogP contribution in [0.3, 0.4) is 0 Å². The molecule has 1 heterocycles. The van der Waals surface area contributed by atoms with Gasteiger partial charge in [-0.15, -0.1) is 0 Å². The van der Waals surface area contributed by atoms with Gasteiger partial charge in [-0.25, -0.2) is 21.6 Å². The number of sulfonamides is 1. The molecule has 1 aliphatic heterocycles. The fraction of sp³-hybridized carbons (Fsp3) is 0.600. The van der Waals surface area contributed by atoms with E-state index < -0.39 is 30.5 Å². The molecule has 1 atom stereocenters. The highest BCUT2D eigenvalue weighted by Gasteiger charge is 2.22.